The number of aliphatic hydroxyl groups is 1. The van der Waals surface area contributed by atoms with Crippen LogP contribution in [0.1, 0.15) is 67.6 Å². The third kappa shape index (κ3) is 2.77. The number of hydrogen-bond donors (Lipinski definition) is 2. The van der Waals surface area contributed by atoms with E-state index in [1.54, 1.807) is 16.7 Å². The lowest BCUT2D eigenvalue weighted by Gasteiger charge is -2.30. The van der Waals surface area contributed by atoms with Crippen LogP contribution in [0.15, 0.2) is 18.2 Å². The van der Waals surface area contributed by atoms with Crippen molar-refractivity contribution in [2.24, 2.45) is 0 Å². The Bertz CT molecular complexity index is 457. The SMILES string of the molecule is CCC[C@H](O)CNC[C@@H]1CC[C@@H]2CCc3cccc1c32. The molecule has 3 atom stereocenters. The molecule has 0 aromatic heterocycles. The number of rotatable bonds is 6. The van der Waals surface area contributed by atoms with Gasteiger partial charge < -0.3 is 10.4 Å². The zero-order valence-electron chi connectivity index (χ0n) is 12.6. The molecule has 0 fully saturated rings. The van der Waals surface area contributed by atoms with Crippen LogP contribution in [0.2, 0.25) is 0 Å². The van der Waals surface area contributed by atoms with E-state index in [-0.39, 0.29) is 6.10 Å². The van der Waals surface area contributed by atoms with Gasteiger partial charge in [0.1, 0.15) is 0 Å². The summed E-state index contributed by atoms with van der Waals surface area (Å²) >= 11 is 0. The van der Waals surface area contributed by atoms with Crippen LogP contribution in [-0.4, -0.2) is 24.3 Å². The average molecular weight is 273 g/mol. The summed E-state index contributed by atoms with van der Waals surface area (Å²) in [6.45, 7) is 3.88. The van der Waals surface area contributed by atoms with Gasteiger partial charge in [0.15, 0.2) is 0 Å². The summed E-state index contributed by atoms with van der Waals surface area (Å²) in [5, 5.41) is 13.3. The number of hydrogen-bond acceptors (Lipinski definition) is 2. The standard InChI is InChI=1S/C18H27NO/c1-2-4-16(20)12-19-11-15-10-9-14-8-7-13-5-3-6-17(15)18(13)14/h3,5-6,14-16,19-20H,2,4,7-12H2,1H3/t14-,15-,16-/m0/s1. The molecule has 0 radical (unpaired) electrons. The Balaban J connectivity index is 1.62. The van der Waals surface area contributed by atoms with Crippen molar-refractivity contribution in [1.82, 2.24) is 5.32 Å². The zero-order chi connectivity index (χ0) is 13.9. The maximum absolute atomic E-state index is 9.81. The highest BCUT2D eigenvalue weighted by Crippen LogP contribution is 2.46. The predicted molar refractivity (Wildman–Crippen MR) is 83.3 cm³/mol. The molecule has 1 aromatic carbocycles. The summed E-state index contributed by atoms with van der Waals surface area (Å²) < 4.78 is 0. The Morgan fingerprint density at radius 2 is 2.20 bits per heavy atom. The van der Waals surface area contributed by atoms with Gasteiger partial charge in [0.05, 0.1) is 6.10 Å². The molecule has 0 aliphatic heterocycles. The molecule has 20 heavy (non-hydrogen) atoms. The molecule has 0 saturated heterocycles. The normalized spacial score (nSPS) is 25.5. The summed E-state index contributed by atoms with van der Waals surface area (Å²) in [7, 11) is 0. The molecule has 110 valence electrons. The summed E-state index contributed by atoms with van der Waals surface area (Å²) in [4.78, 5) is 0. The van der Waals surface area contributed by atoms with E-state index in [0.29, 0.717) is 5.92 Å². The Morgan fingerprint density at radius 3 is 3.05 bits per heavy atom. The molecule has 0 amide bonds. The van der Waals surface area contributed by atoms with Crippen LogP contribution in [0.5, 0.6) is 0 Å². The van der Waals surface area contributed by atoms with Crippen molar-refractivity contribution in [3.8, 4) is 0 Å². The van der Waals surface area contributed by atoms with Gasteiger partial charge in [0.2, 0.25) is 0 Å². The first-order chi connectivity index (χ1) is 9.79. The highest BCUT2D eigenvalue weighted by atomic mass is 16.3. The first kappa shape index (κ1) is 14.1. The minimum absolute atomic E-state index is 0.183. The highest BCUT2D eigenvalue weighted by molar-refractivity contribution is 5.45. The Labute approximate surface area is 122 Å². The fourth-order valence-electron chi connectivity index (χ4n) is 4.10. The van der Waals surface area contributed by atoms with Crippen molar-refractivity contribution in [2.45, 2.75) is 63.4 Å². The molecule has 2 N–H and O–H groups in total. The van der Waals surface area contributed by atoms with E-state index in [9.17, 15) is 5.11 Å². The minimum Gasteiger partial charge on any atom is -0.392 e. The van der Waals surface area contributed by atoms with E-state index in [2.05, 4.69) is 30.4 Å². The van der Waals surface area contributed by atoms with Crippen molar-refractivity contribution in [2.75, 3.05) is 13.1 Å². The molecule has 2 aliphatic carbocycles. The molecule has 0 heterocycles. The molecule has 2 heteroatoms. The van der Waals surface area contributed by atoms with Gasteiger partial charge in [-0.3, -0.25) is 0 Å². The maximum Gasteiger partial charge on any atom is 0.0664 e. The fraction of sp³-hybridized carbons (Fsp3) is 0.667. The summed E-state index contributed by atoms with van der Waals surface area (Å²) in [6.07, 6.45) is 7.08. The van der Waals surface area contributed by atoms with Crippen molar-refractivity contribution in [1.29, 1.82) is 0 Å². The molecule has 2 aliphatic rings. The van der Waals surface area contributed by atoms with Crippen LogP contribution in [-0.2, 0) is 6.42 Å². The van der Waals surface area contributed by atoms with Gasteiger partial charge in [-0.2, -0.15) is 0 Å². The zero-order valence-corrected chi connectivity index (χ0v) is 12.6. The molecule has 0 unspecified atom stereocenters. The number of aliphatic hydroxyl groups excluding tert-OH is 1. The summed E-state index contributed by atoms with van der Waals surface area (Å²) in [5.74, 6) is 1.48. The molecule has 0 bridgehead atoms. The monoisotopic (exact) mass is 273 g/mol. The number of nitrogens with one attached hydrogen (secondary N) is 1. The van der Waals surface area contributed by atoms with Crippen LogP contribution >= 0.6 is 0 Å². The van der Waals surface area contributed by atoms with Gasteiger partial charge in [-0.25, -0.2) is 0 Å². The second-order valence-corrected chi connectivity index (χ2v) is 6.53. The first-order valence-electron chi connectivity index (χ1n) is 8.30. The minimum atomic E-state index is -0.183. The Morgan fingerprint density at radius 1 is 1.30 bits per heavy atom. The van der Waals surface area contributed by atoms with Crippen molar-refractivity contribution in [3.05, 3.63) is 34.9 Å². The van der Waals surface area contributed by atoms with Crippen LogP contribution in [0.25, 0.3) is 0 Å². The molecule has 0 saturated carbocycles. The van der Waals surface area contributed by atoms with Crippen molar-refractivity contribution < 1.29 is 5.11 Å². The fourth-order valence-corrected chi connectivity index (χ4v) is 4.10. The molecular formula is C18H27NO. The lowest BCUT2D eigenvalue weighted by Crippen LogP contribution is -2.31. The number of benzene rings is 1. The van der Waals surface area contributed by atoms with Crippen molar-refractivity contribution in [3.63, 3.8) is 0 Å². The highest BCUT2D eigenvalue weighted by Gasteiger charge is 2.32. The predicted octanol–water partition coefficient (Wildman–Crippen LogP) is 3.34. The molecule has 3 rings (SSSR count). The first-order valence-corrected chi connectivity index (χ1v) is 8.30. The van der Waals surface area contributed by atoms with E-state index < -0.39 is 0 Å². The molecule has 0 spiro atoms. The second kappa shape index (κ2) is 6.28. The van der Waals surface area contributed by atoms with Gasteiger partial charge in [0, 0.05) is 13.1 Å². The lowest BCUT2D eigenvalue weighted by molar-refractivity contribution is 0.160. The van der Waals surface area contributed by atoms with Crippen molar-refractivity contribution >= 4 is 0 Å². The second-order valence-electron chi connectivity index (χ2n) is 6.53. The van der Waals surface area contributed by atoms with Gasteiger partial charge >= 0.3 is 0 Å². The van der Waals surface area contributed by atoms with Crippen LogP contribution in [0, 0.1) is 0 Å². The van der Waals surface area contributed by atoms with E-state index in [0.717, 1.165) is 31.8 Å². The number of aryl methyl sites for hydroxylation is 1. The third-order valence-electron chi connectivity index (χ3n) is 5.10. The van der Waals surface area contributed by atoms with Crippen LogP contribution in [0.4, 0.5) is 0 Å². The maximum atomic E-state index is 9.81. The topological polar surface area (TPSA) is 32.3 Å². The molecule has 1 aromatic rings. The van der Waals surface area contributed by atoms with E-state index in [1.165, 1.54) is 25.7 Å². The van der Waals surface area contributed by atoms with Gasteiger partial charge in [-0.05, 0) is 60.6 Å². The van der Waals surface area contributed by atoms with Gasteiger partial charge in [-0.1, -0.05) is 31.5 Å². The smallest absolute Gasteiger partial charge is 0.0664 e. The average Bonchev–Trinajstić information content (AvgIpc) is 2.87. The quantitative estimate of drug-likeness (QED) is 0.833. The Hall–Kier alpha value is -0.860. The van der Waals surface area contributed by atoms with Gasteiger partial charge in [-0.15, -0.1) is 0 Å². The lowest BCUT2D eigenvalue weighted by atomic mass is 9.77. The largest absolute Gasteiger partial charge is 0.392 e. The summed E-state index contributed by atoms with van der Waals surface area (Å²) in [6, 6.07) is 6.89. The summed E-state index contributed by atoms with van der Waals surface area (Å²) in [5.41, 5.74) is 4.87. The third-order valence-corrected chi connectivity index (χ3v) is 5.10. The Kier molecular flexibility index (Phi) is 4.42. The van der Waals surface area contributed by atoms with Crippen LogP contribution in [0.3, 0.4) is 0 Å². The van der Waals surface area contributed by atoms with E-state index >= 15 is 0 Å². The van der Waals surface area contributed by atoms with Gasteiger partial charge in [0.25, 0.3) is 0 Å². The van der Waals surface area contributed by atoms with Crippen LogP contribution < -0.4 is 5.32 Å². The molecule has 2 nitrogen and oxygen atoms in total. The molecular weight excluding hydrogens is 246 g/mol. The van der Waals surface area contributed by atoms with E-state index in [1.807, 2.05) is 0 Å². The van der Waals surface area contributed by atoms with E-state index in [4.69, 9.17) is 0 Å².